The topological polar surface area (TPSA) is 23.6 Å². The van der Waals surface area contributed by atoms with Crippen LogP contribution in [0.25, 0.3) is 0 Å². The van der Waals surface area contributed by atoms with Gasteiger partial charge in [0.2, 0.25) is 0 Å². The standard InChI is InChI=1S/C12H17ClN2O/c1-4-14(2)12(16)15(3)9-10-7-5-6-8-11(10)13/h5-8H,4,9H2,1-3H3. The Morgan fingerprint density at radius 1 is 1.25 bits per heavy atom. The number of urea groups is 1. The van der Waals surface area contributed by atoms with Crippen molar-refractivity contribution in [2.45, 2.75) is 13.5 Å². The highest BCUT2D eigenvalue weighted by atomic mass is 35.5. The molecule has 0 bridgehead atoms. The minimum Gasteiger partial charge on any atom is -0.328 e. The molecule has 0 fully saturated rings. The van der Waals surface area contributed by atoms with E-state index >= 15 is 0 Å². The highest BCUT2D eigenvalue weighted by molar-refractivity contribution is 6.31. The summed E-state index contributed by atoms with van der Waals surface area (Å²) in [5, 5.41) is 0.696. The maximum absolute atomic E-state index is 11.8. The third kappa shape index (κ3) is 3.14. The van der Waals surface area contributed by atoms with Gasteiger partial charge in [-0.25, -0.2) is 4.79 Å². The maximum atomic E-state index is 11.8. The second-order valence-corrected chi connectivity index (χ2v) is 4.15. The molecular formula is C12H17ClN2O. The van der Waals surface area contributed by atoms with Gasteiger partial charge in [0.25, 0.3) is 0 Å². The summed E-state index contributed by atoms with van der Waals surface area (Å²) in [5.74, 6) is 0. The number of halogens is 1. The van der Waals surface area contributed by atoms with Crippen LogP contribution in [0.15, 0.2) is 24.3 Å². The molecule has 0 N–H and O–H groups in total. The van der Waals surface area contributed by atoms with Gasteiger partial charge in [0.05, 0.1) is 0 Å². The normalized spacial score (nSPS) is 10.0. The summed E-state index contributed by atoms with van der Waals surface area (Å²) < 4.78 is 0. The lowest BCUT2D eigenvalue weighted by Crippen LogP contribution is -2.38. The molecule has 0 spiro atoms. The van der Waals surface area contributed by atoms with Crippen molar-refractivity contribution in [3.8, 4) is 0 Å². The first-order valence-electron chi connectivity index (χ1n) is 5.26. The number of rotatable bonds is 3. The van der Waals surface area contributed by atoms with E-state index in [1.807, 2.05) is 31.2 Å². The van der Waals surface area contributed by atoms with Crippen LogP contribution in [0.3, 0.4) is 0 Å². The second-order valence-electron chi connectivity index (χ2n) is 3.74. The van der Waals surface area contributed by atoms with Gasteiger partial charge in [0.1, 0.15) is 0 Å². The molecule has 4 heteroatoms. The summed E-state index contributed by atoms with van der Waals surface area (Å²) in [6.45, 7) is 3.18. The molecule has 0 aliphatic heterocycles. The molecule has 0 unspecified atom stereocenters. The van der Waals surface area contributed by atoms with Gasteiger partial charge in [-0.2, -0.15) is 0 Å². The number of nitrogens with zero attached hydrogens (tertiary/aromatic N) is 2. The Bertz CT molecular complexity index is 368. The van der Waals surface area contributed by atoms with Crippen LogP contribution >= 0.6 is 11.6 Å². The number of hydrogen-bond acceptors (Lipinski definition) is 1. The van der Waals surface area contributed by atoms with Crippen LogP contribution in [0.2, 0.25) is 5.02 Å². The SMILES string of the molecule is CCN(C)C(=O)N(C)Cc1ccccc1Cl. The van der Waals surface area contributed by atoms with E-state index in [0.29, 0.717) is 18.1 Å². The molecule has 0 saturated carbocycles. The molecule has 0 saturated heterocycles. The fourth-order valence-electron chi connectivity index (χ4n) is 1.38. The molecule has 0 radical (unpaired) electrons. The highest BCUT2D eigenvalue weighted by Crippen LogP contribution is 2.16. The average Bonchev–Trinajstić information content (AvgIpc) is 2.30. The Kier molecular flexibility index (Phi) is 4.62. The lowest BCUT2D eigenvalue weighted by molar-refractivity contribution is 0.173. The molecule has 16 heavy (non-hydrogen) atoms. The zero-order chi connectivity index (χ0) is 12.1. The fourth-order valence-corrected chi connectivity index (χ4v) is 1.57. The van der Waals surface area contributed by atoms with Crippen LogP contribution in [0.1, 0.15) is 12.5 Å². The number of benzene rings is 1. The van der Waals surface area contributed by atoms with Gasteiger partial charge in [0, 0.05) is 32.2 Å². The Hall–Kier alpha value is -1.22. The molecule has 1 aromatic carbocycles. The molecule has 2 amide bonds. The molecular weight excluding hydrogens is 224 g/mol. The number of hydrogen-bond donors (Lipinski definition) is 0. The molecule has 1 aromatic rings. The first kappa shape index (κ1) is 12.8. The third-order valence-corrected chi connectivity index (χ3v) is 2.86. The fraction of sp³-hybridized carbons (Fsp3) is 0.417. The molecule has 0 aliphatic rings. The largest absolute Gasteiger partial charge is 0.328 e. The van der Waals surface area contributed by atoms with Gasteiger partial charge in [0.15, 0.2) is 0 Å². The summed E-state index contributed by atoms with van der Waals surface area (Å²) in [7, 11) is 3.56. The first-order chi connectivity index (χ1) is 7.56. The maximum Gasteiger partial charge on any atom is 0.319 e. The monoisotopic (exact) mass is 240 g/mol. The van der Waals surface area contributed by atoms with E-state index in [0.717, 1.165) is 5.56 Å². The van der Waals surface area contributed by atoms with Crippen molar-refractivity contribution < 1.29 is 4.79 Å². The summed E-state index contributed by atoms with van der Waals surface area (Å²) in [5.41, 5.74) is 0.963. The molecule has 1 rings (SSSR count). The minimum absolute atomic E-state index is 0.00224. The number of carbonyl (C=O) groups is 1. The van der Waals surface area contributed by atoms with E-state index in [2.05, 4.69) is 0 Å². The van der Waals surface area contributed by atoms with E-state index in [-0.39, 0.29) is 6.03 Å². The molecule has 3 nitrogen and oxygen atoms in total. The molecule has 88 valence electrons. The lowest BCUT2D eigenvalue weighted by atomic mass is 10.2. The average molecular weight is 241 g/mol. The predicted octanol–water partition coefficient (Wildman–Crippen LogP) is 2.84. The van der Waals surface area contributed by atoms with Gasteiger partial charge in [-0.05, 0) is 18.6 Å². The van der Waals surface area contributed by atoms with Crippen LogP contribution in [0.5, 0.6) is 0 Å². The third-order valence-electron chi connectivity index (χ3n) is 2.49. The van der Waals surface area contributed by atoms with Crippen molar-refractivity contribution in [2.75, 3.05) is 20.6 Å². The zero-order valence-electron chi connectivity index (χ0n) is 9.90. The van der Waals surface area contributed by atoms with Crippen LogP contribution in [-0.4, -0.2) is 36.5 Å². The Balaban J connectivity index is 2.68. The quantitative estimate of drug-likeness (QED) is 0.797. The van der Waals surface area contributed by atoms with Gasteiger partial charge in [-0.3, -0.25) is 0 Å². The Morgan fingerprint density at radius 2 is 1.88 bits per heavy atom. The van der Waals surface area contributed by atoms with Crippen molar-refractivity contribution in [1.29, 1.82) is 0 Å². The van der Waals surface area contributed by atoms with Crippen LogP contribution in [0, 0.1) is 0 Å². The van der Waals surface area contributed by atoms with Crippen molar-refractivity contribution in [2.24, 2.45) is 0 Å². The van der Waals surface area contributed by atoms with Crippen LogP contribution < -0.4 is 0 Å². The predicted molar refractivity (Wildman–Crippen MR) is 66.6 cm³/mol. The summed E-state index contributed by atoms with van der Waals surface area (Å²) >= 11 is 6.03. The Morgan fingerprint density at radius 3 is 2.44 bits per heavy atom. The molecule has 0 atom stereocenters. The van der Waals surface area contributed by atoms with E-state index < -0.39 is 0 Å². The van der Waals surface area contributed by atoms with Crippen molar-refractivity contribution in [3.63, 3.8) is 0 Å². The minimum atomic E-state index is 0.00224. The second kappa shape index (κ2) is 5.75. The van der Waals surface area contributed by atoms with Crippen molar-refractivity contribution in [1.82, 2.24) is 9.80 Å². The van der Waals surface area contributed by atoms with Crippen LogP contribution in [0.4, 0.5) is 4.79 Å². The summed E-state index contributed by atoms with van der Waals surface area (Å²) in [4.78, 5) is 15.1. The summed E-state index contributed by atoms with van der Waals surface area (Å²) in [6.07, 6.45) is 0. The van der Waals surface area contributed by atoms with Gasteiger partial charge >= 0.3 is 6.03 Å². The van der Waals surface area contributed by atoms with E-state index in [1.165, 1.54) is 0 Å². The molecule has 0 heterocycles. The zero-order valence-corrected chi connectivity index (χ0v) is 10.7. The Labute approximate surface area is 102 Å². The number of carbonyl (C=O) groups excluding carboxylic acids is 1. The van der Waals surface area contributed by atoms with Gasteiger partial charge in [-0.1, -0.05) is 29.8 Å². The van der Waals surface area contributed by atoms with Gasteiger partial charge < -0.3 is 9.80 Å². The lowest BCUT2D eigenvalue weighted by Gasteiger charge is -2.24. The van der Waals surface area contributed by atoms with Gasteiger partial charge in [-0.15, -0.1) is 0 Å². The van der Waals surface area contributed by atoms with E-state index in [9.17, 15) is 4.79 Å². The first-order valence-corrected chi connectivity index (χ1v) is 5.63. The highest BCUT2D eigenvalue weighted by Gasteiger charge is 2.13. The van der Waals surface area contributed by atoms with Crippen molar-refractivity contribution >= 4 is 17.6 Å². The van der Waals surface area contributed by atoms with E-state index in [1.54, 1.807) is 23.9 Å². The summed E-state index contributed by atoms with van der Waals surface area (Å²) in [6, 6.07) is 7.56. The smallest absolute Gasteiger partial charge is 0.319 e. The number of amides is 2. The van der Waals surface area contributed by atoms with Crippen molar-refractivity contribution in [3.05, 3.63) is 34.9 Å². The van der Waals surface area contributed by atoms with Crippen LogP contribution in [-0.2, 0) is 6.54 Å². The molecule has 0 aromatic heterocycles. The molecule has 0 aliphatic carbocycles. The van der Waals surface area contributed by atoms with E-state index in [4.69, 9.17) is 11.6 Å².